The smallest absolute Gasteiger partial charge is 0.230 e. The Morgan fingerprint density at radius 2 is 1.79 bits per heavy atom. The van der Waals surface area contributed by atoms with Crippen molar-refractivity contribution in [3.05, 3.63) is 58.3 Å². The van der Waals surface area contributed by atoms with Crippen molar-refractivity contribution < 1.29 is 9.59 Å². The van der Waals surface area contributed by atoms with Crippen LogP contribution < -0.4 is 15.1 Å². The van der Waals surface area contributed by atoms with Gasteiger partial charge in [-0.05, 0) is 50.1 Å². The van der Waals surface area contributed by atoms with Crippen LogP contribution in [0.25, 0.3) is 5.82 Å². The number of carbonyl (C=O) groups excluding carboxylic acids is 2. The molecule has 2 aliphatic heterocycles. The predicted molar refractivity (Wildman–Crippen MR) is 133 cm³/mol. The van der Waals surface area contributed by atoms with Crippen molar-refractivity contribution in [2.75, 3.05) is 34.8 Å². The van der Waals surface area contributed by atoms with Crippen molar-refractivity contribution in [1.29, 1.82) is 0 Å². The van der Waals surface area contributed by atoms with Gasteiger partial charge in [0.1, 0.15) is 5.82 Å². The number of aryl methyl sites for hydroxylation is 1. The summed E-state index contributed by atoms with van der Waals surface area (Å²) in [5, 5.41) is 8.01. The predicted octanol–water partition coefficient (Wildman–Crippen LogP) is 4.47. The standard InChI is InChI=1S/C24H24Cl2N6O2/c1-15-10-21(32(29-15)23-20(26)12-17(25)13-27-23)28-24(34)16-11-22(33)31(14-16)19-6-4-18(5-7-19)30-8-2-3-9-30/h4-7,10,12-13,16H,2-3,8-9,11,14H2,1H3,(H,28,34). The minimum Gasteiger partial charge on any atom is -0.372 e. The largest absolute Gasteiger partial charge is 0.372 e. The molecule has 1 atom stereocenters. The zero-order valence-corrected chi connectivity index (χ0v) is 20.2. The molecule has 2 aromatic heterocycles. The molecule has 2 saturated heterocycles. The van der Waals surface area contributed by atoms with Crippen LogP contribution in [0.4, 0.5) is 17.2 Å². The van der Waals surface area contributed by atoms with Crippen LogP contribution in [0.3, 0.4) is 0 Å². The SMILES string of the molecule is Cc1cc(NC(=O)C2CC(=O)N(c3ccc(N4CCCC4)cc3)C2)n(-c2ncc(Cl)cc2Cl)n1. The summed E-state index contributed by atoms with van der Waals surface area (Å²) in [6.45, 7) is 4.26. The molecule has 34 heavy (non-hydrogen) atoms. The quantitative estimate of drug-likeness (QED) is 0.560. The van der Waals surface area contributed by atoms with Crippen LogP contribution in [0.5, 0.6) is 0 Å². The van der Waals surface area contributed by atoms with Gasteiger partial charge in [0.15, 0.2) is 5.82 Å². The molecule has 2 fully saturated rings. The molecule has 0 aliphatic carbocycles. The lowest BCUT2D eigenvalue weighted by Crippen LogP contribution is -2.28. The highest BCUT2D eigenvalue weighted by atomic mass is 35.5. The molecule has 0 bridgehead atoms. The van der Waals surface area contributed by atoms with Gasteiger partial charge in [-0.15, -0.1) is 0 Å². The Morgan fingerprint density at radius 1 is 1.09 bits per heavy atom. The Balaban J connectivity index is 1.30. The third-order valence-electron chi connectivity index (χ3n) is 6.20. The molecule has 2 amide bonds. The second-order valence-electron chi connectivity index (χ2n) is 8.65. The molecule has 3 aromatic rings. The number of carbonyl (C=O) groups is 2. The third kappa shape index (κ3) is 4.48. The monoisotopic (exact) mass is 498 g/mol. The van der Waals surface area contributed by atoms with E-state index in [1.165, 1.54) is 29.4 Å². The maximum atomic E-state index is 13.1. The molecule has 0 radical (unpaired) electrons. The second kappa shape index (κ2) is 9.27. The summed E-state index contributed by atoms with van der Waals surface area (Å²) < 4.78 is 1.47. The summed E-state index contributed by atoms with van der Waals surface area (Å²) in [5.74, 6) is -0.0169. The fraction of sp³-hybridized carbons (Fsp3) is 0.333. The molecule has 0 saturated carbocycles. The van der Waals surface area contributed by atoms with Crippen LogP contribution in [0.2, 0.25) is 10.0 Å². The van der Waals surface area contributed by atoms with Gasteiger partial charge in [0.05, 0.1) is 21.7 Å². The first-order valence-electron chi connectivity index (χ1n) is 11.2. The van der Waals surface area contributed by atoms with Crippen molar-refractivity contribution in [3.63, 3.8) is 0 Å². The Labute approximate surface area is 207 Å². The summed E-state index contributed by atoms with van der Waals surface area (Å²) in [5.41, 5.74) is 2.66. The molecular weight excluding hydrogens is 475 g/mol. The molecular formula is C24H24Cl2N6O2. The van der Waals surface area contributed by atoms with E-state index in [1.54, 1.807) is 17.0 Å². The third-order valence-corrected chi connectivity index (χ3v) is 6.69. The van der Waals surface area contributed by atoms with E-state index in [2.05, 4.69) is 20.3 Å². The number of amides is 2. The highest BCUT2D eigenvalue weighted by Gasteiger charge is 2.35. The van der Waals surface area contributed by atoms with E-state index in [1.807, 2.05) is 31.2 Å². The Kier molecular flexibility index (Phi) is 6.18. The molecule has 4 heterocycles. The summed E-state index contributed by atoms with van der Waals surface area (Å²) >= 11 is 12.2. The van der Waals surface area contributed by atoms with E-state index in [4.69, 9.17) is 23.2 Å². The van der Waals surface area contributed by atoms with Crippen molar-refractivity contribution in [2.24, 2.45) is 5.92 Å². The number of nitrogens with one attached hydrogen (secondary N) is 1. The van der Waals surface area contributed by atoms with Gasteiger partial charge in [0, 0.05) is 49.7 Å². The number of anilines is 3. The number of pyridine rings is 1. The average Bonchev–Trinajstić information content (AvgIpc) is 3.55. The number of halogens is 2. The summed E-state index contributed by atoms with van der Waals surface area (Å²) in [6.07, 6.45) is 4.03. The van der Waals surface area contributed by atoms with Gasteiger partial charge in [-0.3, -0.25) is 9.59 Å². The highest BCUT2D eigenvalue weighted by Crippen LogP contribution is 2.30. The van der Waals surface area contributed by atoms with Gasteiger partial charge >= 0.3 is 0 Å². The number of nitrogens with zero attached hydrogens (tertiary/aromatic N) is 5. The zero-order valence-electron chi connectivity index (χ0n) is 18.7. The lowest BCUT2D eigenvalue weighted by atomic mass is 10.1. The normalized spacial score (nSPS) is 18.1. The molecule has 1 N–H and O–H groups in total. The Hall–Kier alpha value is -3.10. The second-order valence-corrected chi connectivity index (χ2v) is 9.49. The lowest BCUT2D eigenvalue weighted by Gasteiger charge is -2.20. The van der Waals surface area contributed by atoms with E-state index in [0.29, 0.717) is 33.9 Å². The van der Waals surface area contributed by atoms with Crippen LogP contribution in [0, 0.1) is 12.8 Å². The molecule has 2 aliphatic rings. The molecule has 0 spiro atoms. The summed E-state index contributed by atoms with van der Waals surface area (Å²) in [7, 11) is 0. The maximum absolute atomic E-state index is 13.1. The van der Waals surface area contributed by atoms with Crippen LogP contribution in [-0.4, -0.2) is 46.2 Å². The maximum Gasteiger partial charge on any atom is 0.230 e. The molecule has 1 unspecified atom stereocenters. The zero-order chi connectivity index (χ0) is 23.8. The van der Waals surface area contributed by atoms with Crippen molar-refractivity contribution >= 4 is 52.2 Å². The van der Waals surface area contributed by atoms with Crippen LogP contribution in [0.15, 0.2) is 42.6 Å². The van der Waals surface area contributed by atoms with E-state index < -0.39 is 5.92 Å². The number of rotatable bonds is 5. The van der Waals surface area contributed by atoms with Crippen LogP contribution in [-0.2, 0) is 9.59 Å². The van der Waals surface area contributed by atoms with E-state index >= 15 is 0 Å². The minimum absolute atomic E-state index is 0.0684. The Bertz CT molecular complexity index is 1240. The van der Waals surface area contributed by atoms with Crippen LogP contribution in [0.1, 0.15) is 25.0 Å². The molecule has 176 valence electrons. The number of hydrogen-bond acceptors (Lipinski definition) is 5. The fourth-order valence-electron chi connectivity index (χ4n) is 4.49. The molecule has 10 heteroatoms. The highest BCUT2D eigenvalue weighted by molar-refractivity contribution is 6.35. The van der Waals surface area contributed by atoms with Crippen molar-refractivity contribution in [3.8, 4) is 5.82 Å². The fourth-order valence-corrected chi connectivity index (χ4v) is 4.95. The minimum atomic E-state index is -0.483. The summed E-state index contributed by atoms with van der Waals surface area (Å²) in [4.78, 5) is 34.1. The number of benzene rings is 1. The van der Waals surface area contributed by atoms with Gasteiger partial charge in [0.2, 0.25) is 11.8 Å². The van der Waals surface area contributed by atoms with E-state index in [9.17, 15) is 9.59 Å². The molecule has 1 aromatic carbocycles. The van der Waals surface area contributed by atoms with Gasteiger partial charge in [0.25, 0.3) is 0 Å². The van der Waals surface area contributed by atoms with Crippen molar-refractivity contribution in [1.82, 2.24) is 14.8 Å². The molecule has 8 nitrogen and oxygen atoms in total. The van der Waals surface area contributed by atoms with E-state index in [-0.39, 0.29) is 18.2 Å². The first-order valence-corrected chi connectivity index (χ1v) is 12.0. The average molecular weight is 499 g/mol. The van der Waals surface area contributed by atoms with Gasteiger partial charge in [-0.25, -0.2) is 4.98 Å². The number of hydrogen-bond donors (Lipinski definition) is 1. The Morgan fingerprint density at radius 3 is 2.50 bits per heavy atom. The van der Waals surface area contributed by atoms with Gasteiger partial charge in [-0.2, -0.15) is 9.78 Å². The first-order chi connectivity index (χ1) is 16.4. The first kappa shape index (κ1) is 22.7. The van der Waals surface area contributed by atoms with Gasteiger partial charge < -0.3 is 15.1 Å². The molecule has 5 rings (SSSR count). The van der Waals surface area contributed by atoms with Gasteiger partial charge in [-0.1, -0.05) is 23.2 Å². The van der Waals surface area contributed by atoms with E-state index in [0.717, 1.165) is 18.8 Å². The lowest BCUT2D eigenvalue weighted by molar-refractivity contribution is -0.122. The summed E-state index contributed by atoms with van der Waals surface area (Å²) in [6, 6.07) is 11.3. The van der Waals surface area contributed by atoms with Crippen LogP contribution >= 0.6 is 23.2 Å². The topological polar surface area (TPSA) is 83.4 Å². The van der Waals surface area contributed by atoms with Crippen molar-refractivity contribution in [2.45, 2.75) is 26.2 Å². The number of aromatic nitrogens is 3.